The Morgan fingerprint density at radius 2 is 1.19 bits per heavy atom. The molecule has 1 rings (SSSR count). The molecule has 1 aliphatic carbocycles. The van der Waals surface area contributed by atoms with Gasteiger partial charge in [0.25, 0.3) is 0 Å². The van der Waals surface area contributed by atoms with Crippen LogP contribution in [0.25, 0.3) is 0 Å². The fraction of sp³-hybridized carbons (Fsp3) is 0.938. The van der Waals surface area contributed by atoms with Gasteiger partial charge in [0.15, 0.2) is 0 Å². The third-order valence-corrected chi connectivity index (χ3v) is 3.94. The Kier molecular flexibility index (Phi) is 8.94. The lowest BCUT2D eigenvalue weighted by Crippen LogP contribution is -2.07. The maximum absolute atomic E-state index is 2.29. The molecule has 0 atom stereocenters. The average molecular weight is 223 g/mol. The number of rotatable bonds is 11. The molecule has 0 N–H and O–H groups in total. The van der Waals surface area contributed by atoms with E-state index in [0.29, 0.717) is 0 Å². The second-order valence-corrected chi connectivity index (χ2v) is 5.54. The summed E-state index contributed by atoms with van der Waals surface area (Å²) in [4.78, 5) is 0. The number of hydrogen-bond acceptors (Lipinski definition) is 0. The van der Waals surface area contributed by atoms with Gasteiger partial charge in [-0.25, -0.2) is 0 Å². The monoisotopic (exact) mass is 223 g/mol. The summed E-state index contributed by atoms with van der Waals surface area (Å²) in [6.07, 6.45) is 20.5. The third-order valence-electron chi connectivity index (χ3n) is 3.94. The fourth-order valence-electron chi connectivity index (χ4n) is 2.54. The standard InChI is InChI=1S/C16H31/c1-2-3-4-5-6-7-8-9-10-11-13-16-14-12-15-16/h2-15H2,1H3. The molecule has 0 bridgehead atoms. The topological polar surface area (TPSA) is 0 Å². The van der Waals surface area contributed by atoms with E-state index in [1.165, 1.54) is 89.9 Å². The van der Waals surface area contributed by atoms with Crippen molar-refractivity contribution < 1.29 is 0 Å². The lowest BCUT2D eigenvalue weighted by atomic mass is 9.81. The van der Waals surface area contributed by atoms with Crippen LogP contribution in [0.4, 0.5) is 0 Å². The van der Waals surface area contributed by atoms with Gasteiger partial charge in [-0.3, -0.25) is 0 Å². The maximum Gasteiger partial charge on any atom is -0.0241 e. The zero-order valence-electron chi connectivity index (χ0n) is 11.4. The van der Waals surface area contributed by atoms with Gasteiger partial charge >= 0.3 is 0 Å². The summed E-state index contributed by atoms with van der Waals surface area (Å²) >= 11 is 0. The summed E-state index contributed by atoms with van der Waals surface area (Å²) in [5, 5.41) is 0. The van der Waals surface area contributed by atoms with Gasteiger partial charge in [0.1, 0.15) is 0 Å². The molecule has 1 radical (unpaired) electrons. The first-order chi connectivity index (χ1) is 7.93. The Bertz CT molecular complexity index is 135. The highest BCUT2D eigenvalue weighted by Gasteiger charge is 2.16. The van der Waals surface area contributed by atoms with E-state index in [0.717, 1.165) is 0 Å². The van der Waals surface area contributed by atoms with Crippen molar-refractivity contribution in [2.24, 2.45) is 0 Å². The van der Waals surface area contributed by atoms with E-state index in [9.17, 15) is 0 Å². The maximum atomic E-state index is 2.29. The average Bonchev–Trinajstić information content (AvgIpc) is 2.23. The molecule has 0 saturated heterocycles. The van der Waals surface area contributed by atoms with Crippen molar-refractivity contribution in [3.8, 4) is 0 Å². The van der Waals surface area contributed by atoms with Crippen LogP contribution in [0, 0.1) is 5.92 Å². The van der Waals surface area contributed by atoms with Gasteiger partial charge in [-0.2, -0.15) is 0 Å². The largest absolute Gasteiger partial charge is 0.0654 e. The minimum Gasteiger partial charge on any atom is -0.0654 e. The molecule has 0 aromatic carbocycles. The quantitative estimate of drug-likeness (QED) is 0.374. The molecular formula is C16H31. The van der Waals surface area contributed by atoms with Crippen LogP contribution >= 0.6 is 0 Å². The zero-order valence-corrected chi connectivity index (χ0v) is 11.4. The van der Waals surface area contributed by atoms with Crippen LogP contribution in [0.3, 0.4) is 0 Å². The normalized spacial score (nSPS) is 16.3. The number of hydrogen-bond donors (Lipinski definition) is 0. The molecule has 0 heterocycles. The van der Waals surface area contributed by atoms with Crippen LogP contribution < -0.4 is 0 Å². The van der Waals surface area contributed by atoms with Gasteiger partial charge in [0.2, 0.25) is 0 Å². The summed E-state index contributed by atoms with van der Waals surface area (Å²) in [5.74, 6) is 1.86. The van der Waals surface area contributed by atoms with E-state index in [-0.39, 0.29) is 0 Å². The molecule has 95 valence electrons. The first kappa shape index (κ1) is 14.1. The molecule has 0 amide bonds. The van der Waals surface area contributed by atoms with Crippen LogP contribution in [0.2, 0.25) is 0 Å². The van der Waals surface area contributed by atoms with Crippen molar-refractivity contribution in [2.75, 3.05) is 0 Å². The lowest BCUT2D eigenvalue weighted by molar-refractivity contribution is 0.477. The molecule has 0 nitrogen and oxygen atoms in total. The van der Waals surface area contributed by atoms with E-state index >= 15 is 0 Å². The first-order valence-corrected chi connectivity index (χ1v) is 7.77. The Balaban J connectivity index is 1.65. The second-order valence-electron chi connectivity index (χ2n) is 5.54. The van der Waals surface area contributed by atoms with Crippen LogP contribution in [0.5, 0.6) is 0 Å². The predicted octanol–water partition coefficient (Wildman–Crippen LogP) is 6.06. The van der Waals surface area contributed by atoms with E-state index < -0.39 is 0 Å². The van der Waals surface area contributed by atoms with E-state index in [2.05, 4.69) is 6.92 Å². The Labute approximate surface area is 103 Å². The summed E-state index contributed by atoms with van der Waals surface area (Å²) < 4.78 is 0. The third kappa shape index (κ3) is 7.30. The lowest BCUT2D eigenvalue weighted by Gasteiger charge is -2.24. The zero-order chi connectivity index (χ0) is 11.5. The summed E-state index contributed by atoms with van der Waals surface area (Å²) in [7, 11) is 0. The molecule has 0 unspecified atom stereocenters. The molecular weight excluding hydrogens is 192 g/mol. The molecule has 0 spiro atoms. The molecule has 0 aliphatic heterocycles. The molecule has 1 aliphatic rings. The fourth-order valence-corrected chi connectivity index (χ4v) is 2.54. The summed E-state index contributed by atoms with van der Waals surface area (Å²) in [5.41, 5.74) is 0. The first-order valence-electron chi connectivity index (χ1n) is 7.77. The van der Waals surface area contributed by atoms with Crippen molar-refractivity contribution in [1.29, 1.82) is 0 Å². The van der Waals surface area contributed by atoms with Gasteiger partial charge in [0, 0.05) is 0 Å². The Morgan fingerprint density at radius 1 is 0.688 bits per heavy atom. The van der Waals surface area contributed by atoms with Gasteiger partial charge in [-0.15, -0.1) is 0 Å². The molecule has 0 aromatic rings. The predicted molar refractivity (Wildman–Crippen MR) is 73.6 cm³/mol. The van der Waals surface area contributed by atoms with Crippen LogP contribution in [-0.4, -0.2) is 0 Å². The van der Waals surface area contributed by atoms with Crippen molar-refractivity contribution in [1.82, 2.24) is 0 Å². The van der Waals surface area contributed by atoms with E-state index in [1.54, 1.807) is 0 Å². The highest BCUT2D eigenvalue weighted by Crippen LogP contribution is 2.33. The molecule has 1 fully saturated rings. The minimum absolute atomic E-state index is 1.37. The van der Waals surface area contributed by atoms with Gasteiger partial charge < -0.3 is 0 Å². The Hall–Kier alpha value is 0. The molecule has 0 heteroatoms. The second kappa shape index (κ2) is 10.2. The molecule has 0 aromatic heterocycles. The van der Waals surface area contributed by atoms with Gasteiger partial charge in [-0.05, 0) is 25.2 Å². The van der Waals surface area contributed by atoms with Crippen LogP contribution in [-0.2, 0) is 0 Å². The van der Waals surface area contributed by atoms with E-state index in [4.69, 9.17) is 0 Å². The summed E-state index contributed by atoms with van der Waals surface area (Å²) in [6.45, 7) is 2.29. The van der Waals surface area contributed by atoms with Crippen molar-refractivity contribution >= 4 is 0 Å². The van der Waals surface area contributed by atoms with Gasteiger partial charge in [0.05, 0.1) is 0 Å². The highest BCUT2D eigenvalue weighted by molar-refractivity contribution is 4.97. The Morgan fingerprint density at radius 3 is 1.62 bits per heavy atom. The number of unbranched alkanes of at least 4 members (excludes halogenated alkanes) is 9. The SMILES string of the molecule is CCCCCCCCCCCC[C]1CCC1. The van der Waals surface area contributed by atoms with Crippen molar-refractivity contribution in [3.63, 3.8) is 0 Å². The van der Waals surface area contributed by atoms with Crippen molar-refractivity contribution in [2.45, 2.75) is 96.8 Å². The minimum atomic E-state index is 1.37. The van der Waals surface area contributed by atoms with E-state index in [1.807, 2.05) is 5.92 Å². The summed E-state index contributed by atoms with van der Waals surface area (Å²) in [6, 6.07) is 0. The molecule has 1 saturated carbocycles. The highest BCUT2D eigenvalue weighted by atomic mass is 14.2. The van der Waals surface area contributed by atoms with Crippen molar-refractivity contribution in [3.05, 3.63) is 5.92 Å². The smallest absolute Gasteiger partial charge is 0.0241 e. The van der Waals surface area contributed by atoms with Crippen LogP contribution in [0.15, 0.2) is 0 Å². The molecule has 16 heavy (non-hydrogen) atoms. The van der Waals surface area contributed by atoms with Crippen LogP contribution in [0.1, 0.15) is 96.8 Å². The van der Waals surface area contributed by atoms with Gasteiger partial charge in [-0.1, -0.05) is 77.6 Å².